The van der Waals surface area contributed by atoms with Crippen molar-refractivity contribution in [2.45, 2.75) is 58.5 Å². The largest absolute Gasteiger partial charge is 0.481 e. The first-order valence-corrected chi connectivity index (χ1v) is 7.53. The summed E-state index contributed by atoms with van der Waals surface area (Å²) in [4.78, 5) is 23.4. The van der Waals surface area contributed by atoms with Crippen LogP contribution in [0.15, 0.2) is 0 Å². The van der Waals surface area contributed by atoms with Gasteiger partial charge in [0.1, 0.15) is 0 Å². The van der Waals surface area contributed by atoms with E-state index in [0.29, 0.717) is 25.2 Å². The van der Waals surface area contributed by atoms with E-state index in [2.05, 4.69) is 5.32 Å². The number of carbonyl (C=O) groups excluding carboxylic acids is 1. The molecule has 1 amide bonds. The van der Waals surface area contributed by atoms with Gasteiger partial charge in [-0.05, 0) is 32.1 Å². The highest BCUT2D eigenvalue weighted by Crippen LogP contribution is 2.38. The average molecular weight is 285 g/mol. The molecular weight excluding hydrogens is 258 g/mol. The second kappa shape index (κ2) is 7.07. The van der Waals surface area contributed by atoms with E-state index in [9.17, 15) is 19.8 Å². The van der Waals surface area contributed by atoms with Gasteiger partial charge in [0.25, 0.3) is 0 Å². The summed E-state index contributed by atoms with van der Waals surface area (Å²) < 4.78 is 0. The molecule has 0 spiro atoms. The number of aliphatic hydroxyl groups is 1. The molecule has 1 aliphatic carbocycles. The van der Waals surface area contributed by atoms with Gasteiger partial charge < -0.3 is 15.5 Å². The van der Waals surface area contributed by atoms with Crippen LogP contribution in [0.3, 0.4) is 0 Å². The van der Waals surface area contributed by atoms with Gasteiger partial charge in [-0.3, -0.25) is 9.59 Å². The Morgan fingerprint density at radius 3 is 2.35 bits per heavy atom. The van der Waals surface area contributed by atoms with Gasteiger partial charge in [-0.2, -0.15) is 0 Å². The molecule has 1 rings (SSSR count). The number of nitrogens with one attached hydrogen (secondary N) is 1. The van der Waals surface area contributed by atoms with Crippen molar-refractivity contribution >= 4 is 11.9 Å². The van der Waals surface area contributed by atoms with Crippen molar-refractivity contribution in [3.63, 3.8) is 0 Å². The van der Waals surface area contributed by atoms with Crippen LogP contribution in [0.1, 0.15) is 52.9 Å². The standard InChI is InChI=1S/C15H27NO4/c1-4-6-15(3,20)9-16-13(17)11-7-10(5-2)8-12(11)14(18)19/h10-12,20H,4-9H2,1-3H3,(H,16,17)(H,18,19)/t10?,11-,12+,15?/m0/s1. The summed E-state index contributed by atoms with van der Waals surface area (Å²) in [5.74, 6) is -1.86. The molecule has 5 nitrogen and oxygen atoms in total. The molecule has 0 heterocycles. The van der Waals surface area contributed by atoms with Crippen molar-refractivity contribution in [1.29, 1.82) is 0 Å². The minimum absolute atomic E-state index is 0.180. The van der Waals surface area contributed by atoms with Gasteiger partial charge in [-0.25, -0.2) is 0 Å². The SMILES string of the molecule is CCCC(C)(O)CNC(=O)[C@H]1CC(CC)C[C@H]1C(=O)O. The monoisotopic (exact) mass is 285 g/mol. The van der Waals surface area contributed by atoms with Gasteiger partial charge >= 0.3 is 5.97 Å². The first-order valence-electron chi connectivity index (χ1n) is 7.53. The van der Waals surface area contributed by atoms with Crippen LogP contribution in [0, 0.1) is 17.8 Å². The number of amides is 1. The Morgan fingerprint density at radius 1 is 1.25 bits per heavy atom. The van der Waals surface area contributed by atoms with Crippen LogP contribution in [-0.2, 0) is 9.59 Å². The Kier molecular flexibility index (Phi) is 5.99. The summed E-state index contributed by atoms with van der Waals surface area (Å²) in [7, 11) is 0. The fourth-order valence-electron chi connectivity index (χ4n) is 3.07. The van der Waals surface area contributed by atoms with Crippen LogP contribution in [0.5, 0.6) is 0 Å². The molecule has 0 bridgehead atoms. The molecule has 2 unspecified atom stereocenters. The molecule has 3 N–H and O–H groups in total. The highest BCUT2D eigenvalue weighted by molar-refractivity contribution is 5.85. The number of hydrogen-bond acceptors (Lipinski definition) is 3. The van der Waals surface area contributed by atoms with E-state index in [-0.39, 0.29) is 12.5 Å². The van der Waals surface area contributed by atoms with Gasteiger partial charge in [0.15, 0.2) is 0 Å². The maximum atomic E-state index is 12.2. The Morgan fingerprint density at radius 2 is 1.85 bits per heavy atom. The van der Waals surface area contributed by atoms with Crippen LogP contribution < -0.4 is 5.32 Å². The lowest BCUT2D eigenvalue weighted by molar-refractivity contribution is -0.146. The lowest BCUT2D eigenvalue weighted by Crippen LogP contribution is -2.44. The summed E-state index contributed by atoms with van der Waals surface area (Å²) in [6.07, 6.45) is 3.56. The second-order valence-corrected chi connectivity index (χ2v) is 6.26. The zero-order valence-electron chi connectivity index (χ0n) is 12.7. The Balaban J connectivity index is 2.59. The van der Waals surface area contributed by atoms with Gasteiger partial charge in [0.05, 0.1) is 17.4 Å². The topological polar surface area (TPSA) is 86.6 Å². The van der Waals surface area contributed by atoms with E-state index in [4.69, 9.17) is 0 Å². The average Bonchev–Trinajstić information content (AvgIpc) is 2.80. The highest BCUT2D eigenvalue weighted by Gasteiger charge is 2.42. The minimum Gasteiger partial charge on any atom is -0.481 e. The summed E-state index contributed by atoms with van der Waals surface area (Å²) in [5.41, 5.74) is -0.925. The number of rotatable bonds is 7. The van der Waals surface area contributed by atoms with Gasteiger partial charge in [0, 0.05) is 6.54 Å². The smallest absolute Gasteiger partial charge is 0.307 e. The highest BCUT2D eigenvalue weighted by atomic mass is 16.4. The maximum Gasteiger partial charge on any atom is 0.307 e. The molecule has 0 aromatic heterocycles. The molecule has 0 aromatic carbocycles. The molecule has 1 aliphatic rings. The maximum absolute atomic E-state index is 12.2. The molecule has 5 heteroatoms. The van der Waals surface area contributed by atoms with Crippen molar-refractivity contribution in [1.82, 2.24) is 5.32 Å². The summed E-state index contributed by atoms with van der Waals surface area (Å²) in [6.45, 7) is 5.86. The molecule has 0 aromatic rings. The van der Waals surface area contributed by atoms with Crippen LogP contribution in [0.4, 0.5) is 0 Å². The van der Waals surface area contributed by atoms with Crippen molar-refractivity contribution in [3.8, 4) is 0 Å². The third-order valence-corrected chi connectivity index (χ3v) is 4.32. The quantitative estimate of drug-likeness (QED) is 0.665. The van der Waals surface area contributed by atoms with Crippen molar-refractivity contribution in [2.75, 3.05) is 6.54 Å². The van der Waals surface area contributed by atoms with E-state index < -0.39 is 23.4 Å². The minimum atomic E-state index is -0.925. The van der Waals surface area contributed by atoms with E-state index >= 15 is 0 Å². The third kappa shape index (κ3) is 4.47. The van der Waals surface area contributed by atoms with Crippen LogP contribution >= 0.6 is 0 Å². The first-order chi connectivity index (χ1) is 9.30. The molecule has 116 valence electrons. The lowest BCUT2D eigenvalue weighted by atomic mass is 9.94. The van der Waals surface area contributed by atoms with Gasteiger partial charge in [-0.15, -0.1) is 0 Å². The Labute approximate surface area is 120 Å². The van der Waals surface area contributed by atoms with E-state index in [0.717, 1.165) is 12.8 Å². The number of carboxylic acid groups (broad SMARTS) is 1. The van der Waals surface area contributed by atoms with Crippen molar-refractivity contribution in [3.05, 3.63) is 0 Å². The predicted octanol–water partition coefficient (Wildman–Crippen LogP) is 1.79. The summed E-state index contributed by atoms with van der Waals surface area (Å²) in [6, 6.07) is 0. The fraction of sp³-hybridized carbons (Fsp3) is 0.867. The van der Waals surface area contributed by atoms with Gasteiger partial charge in [0.2, 0.25) is 5.91 Å². The number of carbonyl (C=O) groups is 2. The summed E-state index contributed by atoms with van der Waals surface area (Å²) >= 11 is 0. The summed E-state index contributed by atoms with van der Waals surface area (Å²) in [5, 5.41) is 22.0. The van der Waals surface area contributed by atoms with E-state index in [1.165, 1.54) is 0 Å². The Hall–Kier alpha value is -1.10. The molecule has 0 radical (unpaired) electrons. The molecule has 0 aliphatic heterocycles. The van der Waals surface area contributed by atoms with Crippen LogP contribution in [0.2, 0.25) is 0 Å². The zero-order valence-corrected chi connectivity index (χ0v) is 12.7. The molecule has 1 saturated carbocycles. The zero-order chi connectivity index (χ0) is 15.3. The molecule has 1 fully saturated rings. The van der Waals surface area contributed by atoms with Crippen molar-refractivity contribution < 1.29 is 19.8 Å². The third-order valence-electron chi connectivity index (χ3n) is 4.32. The molecule has 0 saturated heterocycles. The molecular formula is C15H27NO4. The fourth-order valence-corrected chi connectivity index (χ4v) is 3.07. The number of hydrogen-bond donors (Lipinski definition) is 3. The normalized spacial score (nSPS) is 28.9. The second-order valence-electron chi connectivity index (χ2n) is 6.26. The number of aliphatic carboxylic acids is 1. The molecule has 4 atom stereocenters. The molecule has 20 heavy (non-hydrogen) atoms. The predicted molar refractivity (Wildman–Crippen MR) is 76.2 cm³/mol. The van der Waals surface area contributed by atoms with Crippen LogP contribution in [0.25, 0.3) is 0 Å². The first kappa shape index (κ1) is 17.0. The van der Waals surface area contributed by atoms with E-state index in [1.807, 2.05) is 13.8 Å². The van der Waals surface area contributed by atoms with Crippen LogP contribution in [-0.4, -0.2) is 34.2 Å². The van der Waals surface area contributed by atoms with E-state index in [1.54, 1.807) is 6.92 Å². The van der Waals surface area contributed by atoms with Crippen molar-refractivity contribution in [2.24, 2.45) is 17.8 Å². The van der Waals surface area contributed by atoms with Gasteiger partial charge in [-0.1, -0.05) is 26.7 Å². The number of carboxylic acids is 1. The Bertz CT molecular complexity index is 354. The lowest BCUT2D eigenvalue weighted by Gasteiger charge is -2.24.